The third-order valence-corrected chi connectivity index (χ3v) is 5.40. The van der Waals surface area contributed by atoms with E-state index in [4.69, 9.17) is 9.26 Å². The van der Waals surface area contributed by atoms with Crippen LogP contribution in [0, 0.1) is 13.8 Å². The highest BCUT2D eigenvalue weighted by atomic mass is 32.1. The first-order chi connectivity index (χ1) is 13.6. The van der Waals surface area contributed by atoms with Crippen LogP contribution in [0.25, 0.3) is 0 Å². The van der Waals surface area contributed by atoms with E-state index in [1.807, 2.05) is 53.3 Å². The van der Waals surface area contributed by atoms with Crippen LogP contribution in [0.15, 0.2) is 40.2 Å². The molecule has 0 atom stereocenters. The Morgan fingerprint density at radius 3 is 2.75 bits per heavy atom. The largest absolute Gasteiger partial charge is 0.485 e. The summed E-state index contributed by atoms with van der Waals surface area (Å²) in [6.07, 6.45) is 0. The van der Waals surface area contributed by atoms with Crippen molar-refractivity contribution in [2.24, 2.45) is 0 Å². The summed E-state index contributed by atoms with van der Waals surface area (Å²) >= 11 is 1.58. The van der Waals surface area contributed by atoms with Gasteiger partial charge < -0.3 is 14.2 Å². The smallest absolute Gasteiger partial charge is 0.241 e. The minimum atomic E-state index is 0.0894. The van der Waals surface area contributed by atoms with E-state index in [2.05, 4.69) is 16.2 Å². The van der Waals surface area contributed by atoms with Crippen LogP contribution in [0.3, 0.4) is 0 Å². The average Bonchev–Trinajstić information content (AvgIpc) is 3.31. The second-order valence-electron chi connectivity index (χ2n) is 6.92. The molecule has 0 N–H and O–H groups in total. The molecule has 3 aromatic rings. The van der Waals surface area contributed by atoms with Crippen molar-refractivity contribution in [3.8, 4) is 5.75 Å². The van der Waals surface area contributed by atoms with Crippen LogP contribution in [0.2, 0.25) is 0 Å². The third-order valence-electron chi connectivity index (χ3n) is 4.50. The number of hydrogen-bond acceptors (Lipinski definition) is 7. The van der Waals surface area contributed by atoms with Gasteiger partial charge in [-0.1, -0.05) is 11.2 Å². The van der Waals surface area contributed by atoms with E-state index in [0.29, 0.717) is 31.3 Å². The maximum Gasteiger partial charge on any atom is 0.241 e. The fourth-order valence-corrected chi connectivity index (χ4v) is 4.06. The van der Waals surface area contributed by atoms with Crippen LogP contribution in [-0.4, -0.2) is 40.6 Å². The molecule has 0 spiro atoms. The zero-order valence-corrected chi connectivity index (χ0v) is 16.7. The van der Waals surface area contributed by atoms with Crippen molar-refractivity contribution < 1.29 is 14.1 Å². The molecule has 1 aromatic carbocycles. The Kier molecular flexibility index (Phi) is 5.40. The number of carbonyl (C=O) groups excluding carboxylic acids is 1. The first-order valence-corrected chi connectivity index (χ1v) is 10.0. The molecule has 3 heterocycles. The van der Waals surface area contributed by atoms with Gasteiger partial charge in [0, 0.05) is 13.1 Å². The number of rotatable bonds is 6. The third kappa shape index (κ3) is 4.40. The van der Waals surface area contributed by atoms with Crippen molar-refractivity contribution in [2.45, 2.75) is 27.0 Å². The Labute approximate surface area is 167 Å². The summed E-state index contributed by atoms with van der Waals surface area (Å²) in [4.78, 5) is 20.7. The SMILES string of the molecule is Cc1cc(C)cc(OCc2noc(CN3CCN(c4cccs4)C(=O)C3)n2)c1. The van der Waals surface area contributed by atoms with Crippen molar-refractivity contribution in [3.05, 3.63) is 58.6 Å². The summed E-state index contributed by atoms with van der Waals surface area (Å²) in [5.41, 5.74) is 2.30. The maximum absolute atomic E-state index is 12.4. The zero-order valence-electron chi connectivity index (χ0n) is 15.9. The van der Waals surface area contributed by atoms with Gasteiger partial charge in [0.2, 0.25) is 17.6 Å². The van der Waals surface area contributed by atoms with Gasteiger partial charge in [0.15, 0.2) is 6.61 Å². The van der Waals surface area contributed by atoms with Crippen LogP contribution in [0.5, 0.6) is 5.75 Å². The molecule has 0 unspecified atom stereocenters. The molecule has 146 valence electrons. The Hall–Kier alpha value is -2.71. The van der Waals surface area contributed by atoms with E-state index < -0.39 is 0 Å². The van der Waals surface area contributed by atoms with Gasteiger partial charge in [-0.05, 0) is 54.6 Å². The minimum Gasteiger partial charge on any atom is -0.485 e. The number of carbonyl (C=O) groups is 1. The summed E-state index contributed by atoms with van der Waals surface area (Å²) in [6.45, 7) is 6.54. The van der Waals surface area contributed by atoms with Crippen molar-refractivity contribution in [3.63, 3.8) is 0 Å². The molecule has 1 amide bonds. The van der Waals surface area contributed by atoms with Gasteiger partial charge in [0.1, 0.15) is 5.75 Å². The second kappa shape index (κ2) is 8.12. The molecule has 0 bridgehead atoms. The van der Waals surface area contributed by atoms with Crippen molar-refractivity contribution in [1.82, 2.24) is 15.0 Å². The topological polar surface area (TPSA) is 71.7 Å². The molecular formula is C20H22N4O3S. The van der Waals surface area contributed by atoms with Crippen LogP contribution >= 0.6 is 11.3 Å². The number of anilines is 1. The molecule has 0 saturated carbocycles. The van der Waals surface area contributed by atoms with Crippen molar-refractivity contribution >= 4 is 22.2 Å². The zero-order chi connectivity index (χ0) is 19.5. The van der Waals surface area contributed by atoms with E-state index in [0.717, 1.165) is 28.4 Å². The molecular weight excluding hydrogens is 376 g/mol. The van der Waals surface area contributed by atoms with Crippen LogP contribution in [0.1, 0.15) is 22.8 Å². The number of benzene rings is 1. The number of hydrogen-bond donors (Lipinski definition) is 0. The lowest BCUT2D eigenvalue weighted by molar-refractivity contribution is -0.121. The fraction of sp³-hybridized carbons (Fsp3) is 0.350. The first kappa shape index (κ1) is 18.6. The lowest BCUT2D eigenvalue weighted by atomic mass is 10.1. The second-order valence-corrected chi connectivity index (χ2v) is 7.85. The maximum atomic E-state index is 12.4. The standard InChI is InChI=1S/C20H22N4O3S/c1-14-8-15(2)10-16(9-14)26-13-17-21-18(27-22-17)11-23-5-6-24(19(25)12-23)20-4-3-7-28-20/h3-4,7-10H,5-6,11-13H2,1-2H3. The first-order valence-electron chi connectivity index (χ1n) is 9.15. The van der Waals surface area contributed by atoms with E-state index in [1.54, 1.807) is 11.3 Å². The Morgan fingerprint density at radius 2 is 2.04 bits per heavy atom. The Balaban J connectivity index is 1.31. The summed E-state index contributed by atoms with van der Waals surface area (Å²) in [5, 5.41) is 6.96. The molecule has 28 heavy (non-hydrogen) atoms. The number of ether oxygens (including phenoxy) is 1. The summed E-state index contributed by atoms with van der Waals surface area (Å²) in [6, 6.07) is 9.98. The normalized spacial score (nSPS) is 15.2. The van der Waals surface area contributed by atoms with E-state index in [9.17, 15) is 4.79 Å². The van der Waals surface area contributed by atoms with E-state index in [1.165, 1.54) is 0 Å². The fourth-order valence-electron chi connectivity index (χ4n) is 3.28. The molecule has 0 radical (unpaired) electrons. The highest BCUT2D eigenvalue weighted by molar-refractivity contribution is 7.14. The number of aryl methyl sites for hydroxylation is 2. The van der Waals surface area contributed by atoms with Crippen molar-refractivity contribution in [1.29, 1.82) is 0 Å². The van der Waals surface area contributed by atoms with Crippen LogP contribution < -0.4 is 9.64 Å². The van der Waals surface area contributed by atoms with E-state index >= 15 is 0 Å². The molecule has 8 heteroatoms. The molecule has 2 aromatic heterocycles. The number of piperazine rings is 1. The minimum absolute atomic E-state index is 0.0894. The number of thiophene rings is 1. The van der Waals surface area contributed by atoms with Gasteiger partial charge in [-0.15, -0.1) is 11.3 Å². The lowest BCUT2D eigenvalue weighted by Gasteiger charge is -2.32. The Bertz CT molecular complexity index is 934. The van der Waals surface area contributed by atoms with Crippen LogP contribution in [-0.2, 0) is 17.9 Å². The van der Waals surface area contributed by atoms with Crippen molar-refractivity contribution in [2.75, 3.05) is 24.5 Å². The molecule has 7 nitrogen and oxygen atoms in total. The average molecular weight is 398 g/mol. The quantitative estimate of drug-likeness (QED) is 0.635. The van der Waals surface area contributed by atoms with Gasteiger partial charge >= 0.3 is 0 Å². The monoisotopic (exact) mass is 398 g/mol. The van der Waals surface area contributed by atoms with Gasteiger partial charge in [-0.3, -0.25) is 9.69 Å². The van der Waals surface area contributed by atoms with Crippen LogP contribution in [0.4, 0.5) is 5.00 Å². The number of amides is 1. The highest BCUT2D eigenvalue weighted by Crippen LogP contribution is 2.23. The number of aromatic nitrogens is 2. The molecule has 1 fully saturated rings. The molecule has 1 aliphatic rings. The Morgan fingerprint density at radius 1 is 1.21 bits per heavy atom. The molecule has 0 aliphatic carbocycles. The summed E-state index contributed by atoms with van der Waals surface area (Å²) in [5.74, 6) is 1.87. The van der Waals surface area contributed by atoms with Gasteiger partial charge in [-0.25, -0.2) is 0 Å². The van der Waals surface area contributed by atoms with Gasteiger partial charge in [0.05, 0.1) is 18.1 Å². The molecule has 1 saturated heterocycles. The predicted octanol–water partition coefficient (Wildman–Crippen LogP) is 3.18. The lowest BCUT2D eigenvalue weighted by Crippen LogP contribution is -2.49. The highest BCUT2D eigenvalue weighted by Gasteiger charge is 2.26. The van der Waals surface area contributed by atoms with Gasteiger partial charge in [-0.2, -0.15) is 4.98 Å². The number of nitrogens with zero attached hydrogens (tertiary/aromatic N) is 4. The molecule has 4 rings (SSSR count). The predicted molar refractivity (Wildman–Crippen MR) is 106 cm³/mol. The van der Waals surface area contributed by atoms with E-state index in [-0.39, 0.29) is 12.5 Å². The molecule has 1 aliphatic heterocycles. The van der Waals surface area contributed by atoms with Gasteiger partial charge in [0.25, 0.3) is 0 Å². The summed E-state index contributed by atoms with van der Waals surface area (Å²) < 4.78 is 11.1. The summed E-state index contributed by atoms with van der Waals surface area (Å²) in [7, 11) is 0.